The molecule has 1 aromatic carbocycles. The number of carbonyl (C=O) groups excluding carboxylic acids is 1. The number of rotatable bonds is 4. The number of aromatic nitrogens is 2. The second-order valence-electron chi connectivity index (χ2n) is 4.09. The lowest BCUT2D eigenvalue weighted by Crippen LogP contribution is -2.17. The second-order valence-corrected chi connectivity index (χ2v) is 4.09. The summed E-state index contributed by atoms with van der Waals surface area (Å²) in [5.74, 6) is -1.38. The van der Waals surface area contributed by atoms with Crippen LogP contribution in [0.2, 0.25) is 0 Å². The van der Waals surface area contributed by atoms with Crippen LogP contribution in [0.3, 0.4) is 0 Å². The van der Waals surface area contributed by atoms with Gasteiger partial charge in [-0.2, -0.15) is 0 Å². The van der Waals surface area contributed by atoms with Gasteiger partial charge in [0.2, 0.25) is 0 Å². The van der Waals surface area contributed by atoms with E-state index in [1.165, 1.54) is 7.11 Å². The van der Waals surface area contributed by atoms with Crippen LogP contribution in [0.25, 0.3) is 0 Å². The van der Waals surface area contributed by atoms with Gasteiger partial charge in [0.05, 0.1) is 19.1 Å². The summed E-state index contributed by atoms with van der Waals surface area (Å²) >= 11 is 0. The minimum absolute atomic E-state index is 0.180. The van der Waals surface area contributed by atoms with Crippen LogP contribution < -0.4 is 10.1 Å². The van der Waals surface area contributed by atoms with Crippen LogP contribution in [0.4, 0.5) is 5.69 Å². The Morgan fingerprint density at radius 3 is 2.80 bits per heavy atom. The van der Waals surface area contributed by atoms with E-state index < -0.39 is 11.9 Å². The van der Waals surface area contributed by atoms with Crippen molar-refractivity contribution in [2.24, 2.45) is 0 Å². The van der Waals surface area contributed by atoms with E-state index in [1.54, 1.807) is 12.1 Å². The third-order valence-corrected chi connectivity index (χ3v) is 2.67. The molecule has 0 aliphatic carbocycles. The number of aryl methyl sites for hydroxylation is 1. The van der Waals surface area contributed by atoms with Crippen molar-refractivity contribution < 1.29 is 19.4 Å². The smallest absolute Gasteiger partial charge is 0.354 e. The fourth-order valence-corrected chi connectivity index (χ4v) is 1.73. The first-order valence-corrected chi connectivity index (χ1v) is 5.75. The van der Waals surface area contributed by atoms with Crippen LogP contribution in [0, 0.1) is 6.92 Å². The van der Waals surface area contributed by atoms with Crippen LogP contribution in [-0.4, -0.2) is 34.1 Å². The number of nitrogens with one attached hydrogen (secondary N) is 2. The lowest BCUT2D eigenvalue weighted by molar-refractivity contribution is 0.0686. The second kappa shape index (κ2) is 5.43. The fraction of sp³-hybridized carbons (Fsp3) is 0.154. The van der Waals surface area contributed by atoms with Gasteiger partial charge in [0.1, 0.15) is 5.75 Å². The van der Waals surface area contributed by atoms with Crippen LogP contribution in [0.15, 0.2) is 24.5 Å². The Morgan fingerprint density at radius 1 is 1.40 bits per heavy atom. The van der Waals surface area contributed by atoms with Gasteiger partial charge < -0.3 is 20.1 Å². The molecule has 1 aromatic heterocycles. The standard InChI is InChI=1S/C13H13N3O4/c1-7-3-4-9(20-2)8(5-7)16-12(17)10-11(13(18)19)15-6-14-10/h3-6H,1-2H3,(H,14,15)(H,16,17)(H,18,19). The SMILES string of the molecule is COc1ccc(C)cc1NC(=O)c1nc[nH]c1C(=O)O. The minimum Gasteiger partial charge on any atom is -0.495 e. The largest absolute Gasteiger partial charge is 0.495 e. The van der Waals surface area contributed by atoms with Crippen molar-refractivity contribution in [2.45, 2.75) is 6.92 Å². The number of carboxylic acids is 1. The zero-order valence-corrected chi connectivity index (χ0v) is 10.9. The van der Waals surface area contributed by atoms with E-state index in [0.29, 0.717) is 11.4 Å². The third kappa shape index (κ3) is 2.61. The summed E-state index contributed by atoms with van der Waals surface area (Å²) in [4.78, 5) is 29.1. The molecule has 0 unspecified atom stereocenters. The van der Waals surface area contributed by atoms with E-state index in [-0.39, 0.29) is 11.4 Å². The number of imidazole rings is 1. The summed E-state index contributed by atoms with van der Waals surface area (Å²) in [6, 6.07) is 5.28. The maximum absolute atomic E-state index is 12.1. The number of hydrogen-bond donors (Lipinski definition) is 3. The van der Waals surface area contributed by atoms with Gasteiger partial charge in [-0.1, -0.05) is 6.07 Å². The quantitative estimate of drug-likeness (QED) is 0.787. The number of carboxylic acid groups (broad SMARTS) is 1. The number of nitrogens with zero attached hydrogens (tertiary/aromatic N) is 1. The van der Waals surface area contributed by atoms with Crippen molar-refractivity contribution in [1.82, 2.24) is 9.97 Å². The van der Waals surface area contributed by atoms with E-state index in [1.807, 2.05) is 13.0 Å². The predicted molar refractivity (Wildman–Crippen MR) is 71.2 cm³/mol. The molecule has 20 heavy (non-hydrogen) atoms. The molecule has 1 amide bonds. The zero-order chi connectivity index (χ0) is 14.7. The summed E-state index contributed by atoms with van der Waals surface area (Å²) < 4.78 is 5.14. The molecular formula is C13H13N3O4. The van der Waals surface area contributed by atoms with Gasteiger partial charge in [0.25, 0.3) is 5.91 Å². The van der Waals surface area contributed by atoms with E-state index >= 15 is 0 Å². The topological polar surface area (TPSA) is 104 Å². The molecule has 0 saturated heterocycles. The highest BCUT2D eigenvalue weighted by Crippen LogP contribution is 2.25. The van der Waals surface area contributed by atoms with Crippen LogP contribution >= 0.6 is 0 Å². The highest BCUT2D eigenvalue weighted by Gasteiger charge is 2.20. The number of ether oxygens (including phenoxy) is 1. The molecule has 2 rings (SSSR count). The van der Waals surface area contributed by atoms with Crippen molar-refractivity contribution in [3.8, 4) is 5.75 Å². The zero-order valence-electron chi connectivity index (χ0n) is 10.9. The Morgan fingerprint density at radius 2 is 2.15 bits per heavy atom. The number of amides is 1. The molecule has 0 saturated carbocycles. The first kappa shape index (κ1) is 13.6. The van der Waals surface area contributed by atoms with Crippen molar-refractivity contribution in [3.05, 3.63) is 41.5 Å². The molecule has 2 aromatic rings. The maximum Gasteiger partial charge on any atom is 0.354 e. The molecule has 0 aliphatic heterocycles. The Labute approximate surface area is 114 Å². The number of hydrogen-bond acceptors (Lipinski definition) is 4. The van der Waals surface area contributed by atoms with Crippen LogP contribution in [-0.2, 0) is 0 Å². The summed E-state index contributed by atoms with van der Waals surface area (Å²) in [6.07, 6.45) is 1.16. The fourth-order valence-electron chi connectivity index (χ4n) is 1.73. The van der Waals surface area contributed by atoms with Crippen LogP contribution in [0.5, 0.6) is 5.75 Å². The Balaban J connectivity index is 2.30. The Hall–Kier alpha value is -2.83. The minimum atomic E-state index is -1.25. The molecule has 0 radical (unpaired) electrons. The molecule has 104 valence electrons. The van der Waals surface area contributed by atoms with Gasteiger partial charge in [-0.3, -0.25) is 4.79 Å². The summed E-state index contributed by atoms with van der Waals surface area (Å²) in [5, 5.41) is 11.5. The number of carbonyl (C=O) groups is 2. The summed E-state index contributed by atoms with van der Waals surface area (Å²) in [5.41, 5.74) is 0.952. The van der Waals surface area contributed by atoms with Gasteiger partial charge >= 0.3 is 5.97 Å². The Kier molecular flexibility index (Phi) is 3.69. The summed E-state index contributed by atoms with van der Waals surface area (Å²) in [6.45, 7) is 1.87. The van der Waals surface area contributed by atoms with Gasteiger partial charge in [-0.05, 0) is 24.6 Å². The molecule has 0 aliphatic rings. The summed E-state index contributed by atoms with van der Waals surface area (Å²) in [7, 11) is 1.48. The molecular weight excluding hydrogens is 262 g/mol. The molecule has 0 atom stereocenters. The number of aromatic carboxylic acids is 1. The van der Waals surface area contributed by atoms with E-state index in [9.17, 15) is 9.59 Å². The average Bonchev–Trinajstić information content (AvgIpc) is 2.88. The van der Waals surface area contributed by atoms with Crippen molar-refractivity contribution >= 4 is 17.6 Å². The molecule has 1 heterocycles. The number of benzene rings is 1. The van der Waals surface area contributed by atoms with Crippen molar-refractivity contribution in [3.63, 3.8) is 0 Å². The molecule has 0 fully saturated rings. The van der Waals surface area contributed by atoms with Crippen molar-refractivity contribution in [1.29, 1.82) is 0 Å². The average molecular weight is 275 g/mol. The van der Waals surface area contributed by atoms with Crippen LogP contribution in [0.1, 0.15) is 26.5 Å². The molecule has 7 nitrogen and oxygen atoms in total. The number of aromatic amines is 1. The first-order valence-electron chi connectivity index (χ1n) is 5.75. The first-order chi connectivity index (χ1) is 9.52. The lowest BCUT2D eigenvalue weighted by atomic mass is 10.2. The van der Waals surface area contributed by atoms with Gasteiger partial charge in [0.15, 0.2) is 11.4 Å². The molecule has 3 N–H and O–H groups in total. The van der Waals surface area contributed by atoms with Gasteiger partial charge in [-0.15, -0.1) is 0 Å². The molecule has 0 bridgehead atoms. The van der Waals surface area contributed by atoms with E-state index in [2.05, 4.69) is 15.3 Å². The molecule has 7 heteroatoms. The third-order valence-electron chi connectivity index (χ3n) is 2.67. The monoisotopic (exact) mass is 275 g/mol. The lowest BCUT2D eigenvalue weighted by Gasteiger charge is -2.10. The normalized spacial score (nSPS) is 10.1. The predicted octanol–water partition coefficient (Wildman–Crippen LogP) is 1.68. The molecule has 0 spiro atoms. The number of H-pyrrole nitrogens is 1. The maximum atomic E-state index is 12.1. The van der Waals surface area contributed by atoms with E-state index in [4.69, 9.17) is 9.84 Å². The van der Waals surface area contributed by atoms with Gasteiger partial charge in [0, 0.05) is 0 Å². The highest BCUT2D eigenvalue weighted by molar-refractivity contribution is 6.09. The van der Waals surface area contributed by atoms with Crippen molar-refractivity contribution in [2.75, 3.05) is 12.4 Å². The van der Waals surface area contributed by atoms with Gasteiger partial charge in [-0.25, -0.2) is 9.78 Å². The highest BCUT2D eigenvalue weighted by atomic mass is 16.5. The number of anilines is 1. The van der Waals surface area contributed by atoms with E-state index in [0.717, 1.165) is 11.9 Å². The Bertz CT molecular complexity index is 663. The number of methoxy groups -OCH3 is 1.